The fourth-order valence-corrected chi connectivity index (χ4v) is 4.76. The van der Waals surface area contributed by atoms with Gasteiger partial charge in [-0.25, -0.2) is 17.9 Å². The zero-order chi connectivity index (χ0) is 25.7. The van der Waals surface area contributed by atoms with Crippen LogP contribution >= 0.6 is 12.4 Å². The number of hydrogen-bond donors (Lipinski definition) is 4. The number of ether oxygens (including phenoxy) is 1. The number of carbonyl (C=O) groups excluding carboxylic acids is 2. The van der Waals surface area contributed by atoms with Crippen LogP contribution in [-0.4, -0.2) is 69.2 Å². The minimum atomic E-state index is -3.51. The number of alkyl carbamates (subject to hydrolysis) is 1. The van der Waals surface area contributed by atoms with Crippen molar-refractivity contribution in [3.63, 3.8) is 0 Å². The van der Waals surface area contributed by atoms with Crippen LogP contribution in [0.3, 0.4) is 0 Å². The van der Waals surface area contributed by atoms with E-state index in [0.717, 1.165) is 11.3 Å². The number of benzene rings is 1. The number of carbonyl (C=O) groups is 2. The molecule has 0 spiro atoms. The third-order valence-electron chi connectivity index (χ3n) is 5.99. The lowest BCUT2D eigenvalue weighted by molar-refractivity contribution is -0.120. The third kappa shape index (κ3) is 8.91. The molecule has 5 N–H and O–H groups in total. The van der Waals surface area contributed by atoms with Gasteiger partial charge in [0.2, 0.25) is 15.9 Å². The number of rotatable bonds is 10. The van der Waals surface area contributed by atoms with Crippen molar-refractivity contribution in [2.24, 2.45) is 11.1 Å². The first-order chi connectivity index (χ1) is 15.8. The van der Waals surface area contributed by atoms with E-state index in [1.54, 1.807) is 18.7 Å². The highest BCUT2D eigenvalue weighted by Crippen LogP contribution is 2.32. The number of aliphatic hydroxyl groups is 1. The predicted molar refractivity (Wildman–Crippen MR) is 138 cm³/mol. The molecule has 0 saturated heterocycles. The molecule has 2 rings (SSSR count). The standard InChI is InChI=1S/C23H38N4O6S.ClH/c1-15(2)34(31,32)25-13-20(28)18(24)11-23(3,4)12-21(29)27-14-17(26-22(30)33-5)10-16-8-6-7-9-19(16)27;/h6-9,15,17-18,20,25,28H,10-14,24H2,1-5H3,(H,26,30);1H/t17?,18-,20-;/m0./s1. The van der Waals surface area contributed by atoms with Crippen molar-refractivity contribution in [3.8, 4) is 0 Å². The molecule has 12 heteroatoms. The van der Waals surface area contributed by atoms with Gasteiger partial charge in [0.05, 0.1) is 24.5 Å². The van der Waals surface area contributed by atoms with E-state index in [1.807, 2.05) is 38.1 Å². The summed E-state index contributed by atoms with van der Waals surface area (Å²) in [5, 5.41) is 12.5. The van der Waals surface area contributed by atoms with Crippen molar-refractivity contribution in [2.45, 2.75) is 70.4 Å². The molecule has 10 nitrogen and oxygen atoms in total. The highest BCUT2D eigenvalue weighted by molar-refractivity contribution is 7.90. The van der Waals surface area contributed by atoms with E-state index < -0.39 is 38.9 Å². The molecule has 0 aliphatic carbocycles. The minimum Gasteiger partial charge on any atom is -0.453 e. The summed E-state index contributed by atoms with van der Waals surface area (Å²) < 4.78 is 30.9. The molecular formula is C23H39ClN4O6S. The zero-order valence-corrected chi connectivity index (χ0v) is 22.6. The maximum atomic E-state index is 13.3. The lowest BCUT2D eigenvalue weighted by Crippen LogP contribution is -2.51. The van der Waals surface area contributed by atoms with Crippen LogP contribution in [0.15, 0.2) is 24.3 Å². The quantitative estimate of drug-likeness (QED) is 0.355. The molecule has 0 bridgehead atoms. The van der Waals surface area contributed by atoms with Crippen molar-refractivity contribution in [2.75, 3.05) is 25.1 Å². The molecule has 2 amide bonds. The first-order valence-electron chi connectivity index (χ1n) is 11.4. The first kappa shape index (κ1) is 31.1. The number of fused-ring (bicyclic) bond motifs is 1. The largest absolute Gasteiger partial charge is 0.453 e. The fraction of sp³-hybridized carbons (Fsp3) is 0.652. The zero-order valence-electron chi connectivity index (χ0n) is 21.0. The van der Waals surface area contributed by atoms with Gasteiger partial charge in [-0.15, -0.1) is 12.4 Å². The van der Waals surface area contributed by atoms with Crippen LogP contribution in [-0.2, 0) is 26.0 Å². The maximum absolute atomic E-state index is 13.3. The average Bonchev–Trinajstić information content (AvgIpc) is 2.75. The van der Waals surface area contributed by atoms with E-state index >= 15 is 0 Å². The van der Waals surface area contributed by atoms with Gasteiger partial charge >= 0.3 is 6.09 Å². The summed E-state index contributed by atoms with van der Waals surface area (Å²) in [6.45, 7) is 6.99. The summed E-state index contributed by atoms with van der Waals surface area (Å²) in [6.07, 6.45) is -0.591. The number of aliphatic hydroxyl groups excluding tert-OH is 1. The molecule has 35 heavy (non-hydrogen) atoms. The summed E-state index contributed by atoms with van der Waals surface area (Å²) in [5.74, 6) is -0.129. The van der Waals surface area contributed by atoms with Gasteiger partial charge in [0, 0.05) is 31.2 Å². The van der Waals surface area contributed by atoms with E-state index in [0.29, 0.717) is 19.4 Å². The van der Waals surface area contributed by atoms with Crippen molar-refractivity contribution in [1.82, 2.24) is 10.0 Å². The molecule has 1 aromatic rings. The number of nitrogens with two attached hydrogens (primary N) is 1. The third-order valence-corrected chi connectivity index (χ3v) is 7.80. The summed E-state index contributed by atoms with van der Waals surface area (Å²) >= 11 is 0. The number of halogens is 1. The number of anilines is 1. The van der Waals surface area contributed by atoms with Crippen LogP contribution < -0.4 is 20.7 Å². The Morgan fingerprint density at radius 1 is 1.29 bits per heavy atom. The van der Waals surface area contributed by atoms with Crippen LogP contribution in [0.4, 0.5) is 10.5 Å². The number of hydrogen-bond acceptors (Lipinski definition) is 7. The lowest BCUT2D eigenvalue weighted by atomic mass is 9.80. The van der Waals surface area contributed by atoms with Crippen molar-refractivity contribution in [1.29, 1.82) is 0 Å². The molecule has 1 aliphatic rings. The summed E-state index contributed by atoms with van der Waals surface area (Å²) in [6, 6.07) is 6.55. The Hall–Kier alpha value is -1.92. The highest BCUT2D eigenvalue weighted by Gasteiger charge is 2.34. The second-order valence-corrected chi connectivity index (χ2v) is 12.2. The number of nitrogens with zero attached hydrogens (tertiary/aromatic N) is 1. The number of para-hydroxylation sites is 1. The number of sulfonamides is 1. The van der Waals surface area contributed by atoms with E-state index in [2.05, 4.69) is 10.0 Å². The Labute approximate surface area is 214 Å². The van der Waals surface area contributed by atoms with Gasteiger partial charge in [-0.1, -0.05) is 32.0 Å². The molecule has 0 saturated carbocycles. The van der Waals surface area contributed by atoms with Crippen LogP contribution in [0.2, 0.25) is 0 Å². The number of amides is 2. The van der Waals surface area contributed by atoms with Crippen LogP contribution in [0.25, 0.3) is 0 Å². The normalized spacial score (nSPS) is 17.7. The van der Waals surface area contributed by atoms with Crippen LogP contribution in [0, 0.1) is 5.41 Å². The molecular weight excluding hydrogens is 496 g/mol. The smallest absolute Gasteiger partial charge is 0.407 e. The van der Waals surface area contributed by atoms with Gasteiger partial charge in [0.15, 0.2) is 0 Å². The average molecular weight is 535 g/mol. The maximum Gasteiger partial charge on any atom is 0.407 e. The summed E-state index contributed by atoms with van der Waals surface area (Å²) in [5.41, 5.74) is 7.35. The molecule has 0 radical (unpaired) electrons. The Morgan fingerprint density at radius 3 is 2.51 bits per heavy atom. The molecule has 3 atom stereocenters. The lowest BCUT2D eigenvalue weighted by Gasteiger charge is -2.37. The summed E-state index contributed by atoms with van der Waals surface area (Å²) in [4.78, 5) is 26.7. The molecule has 0 fully saturated rings. The van der Waals surface area contributed by atoms with Crippen LogP contribution in [0.1, 0.15) is 46.1 Å². The summed E-state index contributed by atoms with van der Waals surface area (Å²) in [7, 11) is -2.22. The van der Waals surface area contributed by atoms with Crippen LogP contribution in [0.5, 0.6) is 0 Å². The highest BCUT2D eigenvalue weighted by atomic mass is 35.5. The first-order valence-corrected chi connectivity index (χ1v) is 12.9. The van der Waals surface area contributed by atoms with Crippen molar-refractivity contribution < 1.29 is 27.9 Å². The molecule has 1 heterocycles. The second-order valence-electron chi connectivity index (χ2n) is 9.89. The van der Waals surface area contributed by atoms with Gasteiger partial charge in [0.1, 0.15) is 0 Å². The number of nitrogens with one attached hydrogen (secondary N) is 2. The molecule has 200 valence electrons. The van der Waals surface area contributed by atoms with Gasteiger partial charge < -0.3 is 25.8 Å². The van der Waals surface area contributed by atoms with Gasteiger partial charge in [-0.2, -0.15) is 0 Å². The molecule has 1 aromatic carbocycles. The van der Waals surface area contributed by atoms with E-state index in [9.17, 15) is 23.1 Å². The van der Waals surface area contributed by atoms with Crippen molar-refractivity contribution in [3.05, 3.63) is 29.8 Å². The Balaban J connectivity index is 0.00000612. The van der Waals surface area contributed by atoms with Crippen molar-refractivity contribution >= 4 is 40.1 Å². The predicted octanol–water partition coefficient (Wildman–Crippen LogP) is 1.54. The fourth-order valence-electron chi connectivity index (χ4n) is 4.02. The van der Waals surface area contributed by atoms with E-state index in [1.165, 1.54) is 7.11 Å². The molecule has 1 unspecified atom stereocenters. The monoisotopic (exact) mass is 534 g/mol. The minimum absolute atomic E-state index is 0. The second kappa shape index (κ2) is 12.9. The Morgan fingerprint density at radius 2 is 1.91 bits per heavy atom. The van der Waals surface area contributed by atoms with Gasteiger partial charge in [-0.3, -0.25) is 4.79 Å². The topological polar surface area (TPSA) is 151 Å². The van der Waals surface area contributed by atoms with Gasteiger partial charge in [-0.05, 0) is 43.7 Å². The molecule has 0 aromatic heterocycles. The van der Waals surface area contributed by atoms with E-state index in [4.69, 9.17) is 10.5 Å². The Bertz CT molecular complexity index is 973. The SMILES string of the molecule is COC(=O)NC1Cc2ccccc2N(C(=O)CC(C)(C)C[C@H](N)[C@@H](O)CNS(=O)(=O)C(C)C)C1.Cl. The van der Waals surface area contributed by atoms with E-state index in [-0.39, 0.29) is 37.3 Å². The number of methoxy groups -OCH3 is 1. The Kier molecular flexibility index (Phi) is 11.4. The van der Waals surface area contributed by atoms with Gasteiger partial charge in [0.25, 0.3) is 0 Å². The molecule has 1 aliphatic heterocycles.